The van der Waals surface area contributed by atoms with Gasteiger partial charge in [0.05, 0.1) is 23.8 Å². The van der Waals surface area contributed by atoms with Gasteiger partial charge < -0.3 is 4.74 Å². The van der Waals surface area contributed by atoms with Crippen molar-refractivity contribution in [2.24, 2.45) is 5.10 Å². The van der Waals surface area contributed by atoms with Crippen LogP contribution in [0.2, 0.25) is 5.02 Å². The van der Waals surface area contributed by atoms with Crippen molar-refractivity contribution in [1.82, 2.24) is 9.91 Å². The third kappa shape index (κ3) is 4.10. The van der Waals surface area contributed by atoms with Crippen molar-refractivity contribution in [2.75, 3.05) is 13.7 Å². The Bertz CT molecular complexity index is 1040. The number of thioether (sulfide) groups is 1. The van der Waals surface area contributed by atoms with Gasteiger partial charge in [0.1, 0.15) is 10.1 Å². The van der Waals surface area contributed by atoms with Gasteiger partial charge in [-0.1, -0.05) is 59.8 Å². The van der Waals surface area contributed by atoms with Gasteiger partial charge in [-0.05, 0) is 42.3 Å². The molecule has 1 atom stereocenters. The fraction of sp³-hybridized carbons (Fsp3) is 0.227. The standard InChI is InChI=1S/C22H20ClN3O2S2/c1-3-25-21(27)20(30-22(25)29)13-26-19(15-6-10-17(28-2)11-7-15)12-18(24-26)14-4-8-16(23)9-5-14/h4-11,13,19H,3,12H2,1-2H3/b20-13-. The molecule has 0 aromatic heterocycles. The van der Waals surface area contributed by atoms with Gasteiger partial charge in [0.25, 0.3) is 5.91 Å². The highest BCUT2D eigenvalue weighted by molar-refractivity contribution is 8.26. The summed E-state index contributed by atoms with van der Waals surface area (Å²) in [6.45, 7) is 2.48. The molecule has 1 saturated heterocycles. The van der Waals surface area contributed by atoms with Crippen molar-refractivity contribution in [3.63, 3.8) is 0 Å². The molecule has 8 heteroatoms. The number of hydrazone groups is 1. The van der Waals surface area contributed by atoms with Crippen LogP contribution in [0, 0.1) is 0 Å². The number of thiocarbonyl (C=S) groups is 1. The van der Waals surface area contributed by atoms with E-state index in [1.54, 1.807) is 12.0 Å². The lowest BCUT2D eigenvalue weighted by atomic mass is 9.98. The highest BCUT2D eigenvalue weighted by Gasteiger charge is 2.34. The second kappa shape index (κ2) is 8.79. The van der Waals surface area contributed by atoms with Crippen LogP contribution in [0.5, 0.6) is 5.75 Å². The van der Waals surface area contributed by atoms with Crippen LogP contribution in [0.15, 0.2) is 64.7 Å². The van der Waals surface area contributed by atoms with Gasteiger partial charge in [-0.2, -0.15) is 5.10 Å². The molecule has 0 bridgehead atoms. The molecule has 0 spiro atoms. The van der Waals surface area contributed by atoms with E-state index < -0.39 is 0 Å². The molecule has 2 aromatic rings. The minimum absolute atomic E-state index is 0.0354. The predicted molar refractivity (Wildman–Crippen MR) is 126 cm³/mol. The van der Waals surface area contributed by atoms with Crippen molar-refractivity contribution in [3.8, 4) is 5.75 Å². The van der Waals surface area contributed by atoms with Crippen LogP contribution in [0.4, 0.5) is 0 Å². The van der Waals surface area contributed by atoms with Crippen LogP contribution < -0.4 is 4.74 Å². The van der Waals surface area contributed by atoms with Crippen molar-refractivity contribution in [1.29, 1.82) is 0 Å². The lowest BCUT2D eigenvalue weighted by Gasteiger charge is -2.21. The first-order chi connectivity index (χ1) is 14.5. The van der Waals surface area contributed by atoms with Crippen LogP contribution in [0.25, 0.3) is 0 Å². The summed E-state index contributed by atoms with van der Waals surface area (Å²) in [6, 6.07) is 15.5. The fourth-order valence-corrected chi connectivity index (χ4v) is 4.92. The number of ether oxygens (including phenoxy) is 1. The Labute approximate surface area is 190 Å². The minimum Gasteiger partial charge on any atom is -0.497 e. The minimum atomic E-state index is -0.0730. The summed E-state index contributed by atoms with van der Waals surface area (Å²) in [4.78, 5) is 14.9. The van der Waals surface area contributed by atoms with E-state index in [4.69, 9.17) is 33.7 Å². The smallest absolute Gasteiger partial charge is 0.267 e. The SMILES string of the molecule is CCN1C(=O)/C(=C/N2N=C(c3ccc(Cl)cc3)CC2c2ccc(OC)cc2)SC1=S. The van der Waals surface area contributed by atoms with Crippen molar-refractivity contribution >= 4 is 51.5 Å². The summed E-state index contributed by atoms with van der Waals surface area (Å²) in [6.07, 6.45) is 2.52. The number of halogens is 1. The molecule has 0 N–H and O–H groups in total. The maximum Gasteiger partial charge on any atom is 0.267 e. The zero-order valence-corrected chi connectivity index (χ0v) is 18.9. The number of nitrogens with zero attached hydrogens (tertiary/aromatic N) is 3. The van der Waals surface area contributed by atoms with Crippen molar-refractivity contribution < 1.29 is 9.53 Å². The number of likely N-dealkylation sites (N-methyl/N-ethyl adjacent to an activating group) is 1. The first-order valence-corrected chi connectivity index (χ1v) is 11.1. The van der Waals surface area contributed by atoms with Gasteiger partial charge >= 0.3 is 0 Å². The molecule has 2 aliphatic heterocycles. The molecule has 4 rings (SSSR count). The van der Waals surface area contributed by atoms with Crippen molar-refractivity contribution in [2.45, 2.75) is 19.4 Å². The predicted octanol–water partition coefficient (Wildman–Crippen LogP) is 5.22. The van der Waals surface area contributed by atoms with Crippen molar-refractivity contribution in [3.05, 3.63) is 75.8 Å². The number of hydrogen-bond donors (Lipinski definition) is 0. The Balaban J connectivity index is 1.69. The van der Waals surface area contributed by atoms with E-state index >= 15 is 0 Å². The number of benzene rings is 2. The molecule has 0 radical (unpaired) electrons. The number of hydrogen-bond acceptors (Lipinski definition) is 6. The number of amides is 1. The third-order valence-corrected chi connectivity index (χ3v) is 6.68. The summed E-state index contributed by atoms with van der Waals surface area (Å²) >= 11 is 12.7. The summed E-state index contributed by atoms with van der Waals surface area (Å²) in [5.74, 6) is 0.724. The molecule has 5 nitrogen and oxygen atoms in total. The number of methoxy groups -OCH3 is 1. The fourth-order valence-electron chi connectivity index (χ4n) is 3.44. The average Bonchev–Trinajstić information content (AvgIpc) is 3.29. The Kier molecular flexibility index (Phi) is 6.13. The molecule has 154 valence electrons. The highest BCUT2D eigenvalue weighted by Crippen LogP contribution is 2.37. The van der Waals surface area contributed by atoms with E-state index in [1.165, 1.54) is 11.8 Å². The number of carbonyl (C=O) groups is 1. The van der Waals surface area contributed by atoms with Gasteiger partial charge in [-0.3, -0.25) is 14.7 Å². The normalized spacial score (nSPS) is 20.3. The zero-order valence-electron chi connectivity index (χ0n) is 16.5. The van der Waals surface area contributed by atoms with Gasteiger partial charge in [0.2, 0.25) is 0 Å². The van der Waals surface area contributed by atoms with Crippen LogP contribution in [-0.2, 0) is 4.79 Å². The third-order valence-electron chi connectivity index (χ3n) is 5.06. The number of carbonyl (C=O) groups excluding carboxylic acids is 1. The summed E-state index contributed by atoms with van der Waals surface area (Å²) in [7, 11) is 1.65. The Morgan fingerprint density at radius 1 is 1.23 bits per heavy atom. The molecule has 2 aliphatic rings. The molecule has 2 heterocycles. The first-order valence-electron chi connectivity index (χ1n) is 9.51. The number of rotatable bonds is 5. The van der Waals surface area contributed by atoms with E-state index in [9.17, 15) is 4.79 Å². The monoisotopic (exact) mass is 457 g/mol. The molecular weight excluding hydrogens is 438 g/mol. The molecule has 2 aromatic carbocycles. The van der Waals surface area contributed by atoms with Crippen LogP contribution >= 0.6 is 35.6 Å². The van der Waals surface area contributed by atoms with Gasteiger partial charge in [-0.25, -0.2) is 0 Å². The highest BCUT2D eigenvalue weighted by atomic mass is 35.5. The van der Waals surface area contributed by atoms with Crippen LogP contribution in [-0.4, -0.2) is 39.5 Å². The molecule has 30 heavy (non-hydrogen) atoms. The molecule has 1 unspecified atom stereocenters. The Morgan fingerprint density at radius 2 is 1.93 bits per heavy atom. The first kappa shape index (κ1) is 20.9. The van der Waals surface area contributed by atoms with E-state index in [0.29, 0.717) is 27.2 Å². The van der Waals surface area contributed by atoms with Gasteiger partial charge in [0.15, 0.2) is 0 Å². The summed E-state index contributed by atoms with van der Waals surface area (Å²) < 4.78 is 5.86. The summed E-state index contributed by atoms with van der Waals surface area (Å²) in [5.41, 5.74) is 3.04. The molecule has 0 aliphatic carbocycles. The lowest BCUT2D eigenvalue weighted by molar-refractivity contribution is -0.122. The maximum atomic E-state index is 12.7. The van der Waals surface area contributed by atoms with E-state index in [1.807, 2.05) is 66.7 Å². The van der Waals surface area contributed by atoms with E-state index in [0.717, 1.165) is 22.6 Å². The van der Waals surface area contributed by atoms with E-state index in [2.05, 4.69) is 0 Å². The van der Waals surface area contributed by atoms with Crippen LogP contribution in [0.3, 0.4) is 0 Å². The van der Waals surface area contributed by atoms with Crippen LogP contribution in [0.1, 0.15) is 30.5 Å². The molecular formula is C22H20ClN3O2S2. The summed E-state index contributed by atoms with van der Waals surface area (Å²) in [5, 5.41) is 7.39. The Morgan fingerprint density at radius 3 is 2.53 bits per heavy atom. The molecule has 0 saturated carbocycles. The zero-order chi connectivity index (χ0) is 21.3. The largest absolute Gasteiger partial charge is 0.497 e. The molecule has 1 fully saturated rings. The van der Waals surface area contributed by atoms with Gasteiger partial charge in [0, 0.05) is 24.2 Å². The average molecular weight is 458 g/mol. The second-order valence-electron chi connectivity index (χ2n) is 6.84. The Hall–Kier alpha value is -2.35. The molecule has 1 amide bonds. The quantitative estimate of drug-likeness (QED) is 0.455. The lowest BCUT2D eigenvalue weighted by Crippen LogP contribution is -2.27. The van der Waals surface area contributed by atoms with E-state index in [-0.39, 0.29) is 11.9 Å². The topological polar surface area (TPSA) is 45.1 Å². The maximum absolute atomic E-state index is 12.7. The van der Waals surface area contributed by atoms with Gasteiger partial charge in [-0.15, -0.1) is 0 Å². The second-order valence-corrected chi connectivity index (χ2v) is 8.95.